The van der Waals surface area contributed by atoms with Gasteiger partial charge in [-0.15, -0.1) is 0 Å². The molecule has 24 heavy (non-hydrogen) atoms. The summed E-state index contributed by atoms with van der Waals surface area (Å²) in [4.78, 5) is 14.5. The maximum absolute atomic E-state index is 12.1. The second kappa shape index (κ2) is 5.62. The first-order valence-corrected chi connectivity index (χ1v) is 8.91. The summed E-state index contributed by atoms with van der Waals surface area (Å²) in [5.41, 5.74) is 4.20. The zero-order chi connectivity index (χ0) is 17.0. The number of piperidine rings is 1. The molecule has 4 nitrogen and oxygen atoms in total. The number of likely N-dealkylation sites (tertiary alicyclic amines) is 1. The monoisotopic (exact) mass is 326 g/mol. The van der Waals surface area contributed by atoms with Gasteiger partial charge in [-0.3, -0.25) is 4.79 Å². The molecule has 4 heteroatoms. The molecule has 1 fully saturated rings. The molecular weight excluding hydrogens is 300 g/mol. The molecule has 1 saturated heterocycles. The SMILES string of the molecule is COC(=O)C1CC2c3cccc4c3c(cn4C(C)C)CC2N(C)C1. The summed E-state index contributed by atoms with van der Waals surface area (Å²) in [6, 6.07) is 7.60. The minimum atomic E-state index is -0.0713. The van der Waals surface area contributed by atoms with Gasteiger partial charge < -0.3 is 14.2 Å². The lowest BCUT2D eigenvalue weighted by atomic mass is 9.72. The highest BCUT2D eigenvalue weighted by atomic mass is 16.5. The standard InChI is InChI=1S/C20H26N2O2/c1-12(2)22-11-13-9-18-16(15-6-5-7-17(22)19(13)15)8-14(10-21(18)3)20(23)24-4/h5-7,11-12,14,16,18H,8-10H2,1-4H3. The molecule has 1 aromatic carbocycles. The van der Waals surface area contributed by atoms with Crippen LogP contribution in [0.3, 0.4) is 0 Å². The number of hydrogen-bond donors (Lipinski definition) is 0. The van der Waals surface area contributed by atoms with Crippen molar-refractivity contribution in [3.05, 3.63) is 35.5 Å². The molecule has 0 amide bonds. The lowest BCUT2D eigenvalue weighted by Gasteiger charge is -2.44. The molecule has 0 spiro atoms. The fourth-order valence-electron chi connectivity index (χ4n) is 4.84. The van der Waals surface area contributed by atoms with Crippen molar-refractivity contribution < 1.29 is 9.53 Å². The van der Waals surface area contributed by atoms with Crippen LogP contribution < -0.4 is 0 Å². The van der Waals surface area contributed by atoms with Gasteiger partial charge in [0.05, 0.1) is 13.0 Å². The van der Waals surface area contributed by atoms with Crippen LogP contribution in [0.25, 0.3) is 10.9 Å². The van der Waals surface area contributed by atoms with Gasteiger partial charge in [0.2, 0.25) is 0 Å². The Labute approximate surface area is 143 Å². The van der Waals surface area contributed by atoms with Gasteiger partial charge in [-0.1, -0.05) is 12.1 Å². The van der Waals surface area contributed by atoms with Crippen molar-refractivity contribution in [3.63, 3.8) is 0 Å². The Kier molecular flexibility index (Phi) is 3.68. The molecule has 2 aromatic rings. The van der Waals surface area contributed by atoms with Crippen molar-refractivity contribution in [1.82, 2.24) is 9.47 Å². The molecule has 0 N–H and O–H groups in total. The van der Waals surface area contributed by atoms with E-state index in [0.717, 1.165) is 19.4 Å². The van der Waals surface area contributed by atoms with Gasteiger partial charge >= 0.3 is 5.97 Å². The first kappa shape index (κ1) is 15.7. The molecule has 3 atom stereocenters. The van der Waals surface area contributed by atoms with Crippen molar-refractivity contribution in [2.45, 2.75) is 44.7 Å². The molecular formula is C20H26N2O2. The van der Waals surface area contributed by atoms with Gasteiger partial charge in [0.15, 0.2) is 0 Å². The van der Waals surface area contributed by atoms with Gasteiger partial charge in [-0.25, -0.2) is 0 Å². The van der Waals surface area contributed by atoms with Crippen LogP contribution in [0.1, 0.15) is 43.4 Å². The third-order valence-electron chi connectivity index (χ3n) is 5.97. The van der Waals surface area contributed by atoms with Crippen molar-refractivity contribution >= 4 is 16.9 Å². The van der Waals surface area contributed by atoms with E-state index in [1.807, 2.05) is 0 Å². The number of hydrogen-bond acceptors (Lipinski definition) is 3. The average Bonchev–Trinajstić information content (AvgIpc) is 2.95. The summed E-state index contributed by atoms with van der Waals surface area (Å²) in [7, 11) is 3.65. The Balaban J connectivity index is 1.83. The highest BCUT2D eigenvalue weighted by Crippen LogP contribution is 2.45. The summed E-state index contributed by atoms with van der Waals surface area (Å²) < 4.78 is 7.42. The Morgan fingerprint density at radius 3 is 2.83 bits per heavy atom. The van der Waals surface area contributed by atoms with E-state index in [1.165, 1.54) is 29.1 Å². The molecule has 0 saturated carbocycles. The number of aromatic nitrogens is 1. The summed E-state index contributed by atoms with van der Waals surface area (Å²) in [5, 5.41) is 1.42. The fourth-order valence-corrected chi connectivity index (χ4v) is 4.84. The number of methoxy groups -OCH3 is 1. The smallest absolute Gasteiger partial charge is 0.309 e. The number of nitrogens with zero attached hydrogens (tertiary/aromatic N) is 2. The topological polar surface area (TPSA) is 34.5 Å². The van der Waals surface area contributed by atoms with Gasteiger partial charge in [0, 0.05) is 41.6 Å². The molecule has 4 rings (SSSR count). The van der Waals surface area contributed by atoms with Crippen LogP contribution in [-0.4, -0.2) is 42.2 Å². The van der Waals surface area contributed by atoms with E-state index in [-0.39, 0.29) is 11.9 Å². The number of carbonyl (C=O) groups is 1. The number of benzene rings is 1. The van der Waals surface area contributed by atoms with Crippen molar-refractivity contribution in [2.75, 3.05) is 20.7 Å². The summed E-state index contributed by atoms with van der Waals surface area (Å²) in [6.07, 6.45) is 4.31. The Morgan fingerprint density at radius 1 is 1.33 bits per heavy atom. The van der Waals surface area contributed by atoms with E-state index >= 15 is 0 Å². The predicted molar refractivity (Wildman–Crippen MR) is 95.3 cm³/mol. The second-order valence-electron chi connectivity index (χ2n) is 7.67. The summed E-state index contributed by atoms with van der Waals surface area (Å²) in [5.74, 6) is 0.315. The summed E-state index contributed by atoms with van der Waals surface area (Å²) >= 11 is 0. The molecule has 2 aliphatic rings. The van der Waals surface area contributed by atoms with Crippen LogP contribution in [-0.2, 0) is 16.0 Å². The highest BCUT2D eigenvalue weighted by molar-refractivity contribution is 5.89. The quantitative estimate of drug-likeness (QED) is 0.794. The number of likely N-dealkylation sites (N-methyl/N-ethyl adjacent to an activating group) is 1. The Hall–Kier alpha value is -1.81. The minimum Gasteiger partial charge on any atom is -0.469 e. The summed E-state index contributed by atoms with van der Waals surface area (Å²) in [6.45, 7) is 5.27. The minimum absolute atomic E-state index is 0.0229. The lowest BCUT2D eigenvalue weighted by molar-refractivity contribution is -0.148. The number of ether oxygens (including phenoxy) is 1. The fraction of sp³-hybridized carbons (Fsp3) is 0.550. The molecule has 1 aromatic heterocycles. The number of esters is 1. The van der Waals surface area contributed by atoms with Crippen LogP contribution in [0.4, 0.5) is 0 Å². The van der Waals surface area contributed by atoms with Gasteiger partial charge in [-0.2, -0.15) is 0 Å². The lowest BCUT2D eigenvalue weighted by Crippen LogP contribution is -2.49. The highest BCUT2D eigenvalue weighted by Gasteiger charge is 2.42. The van der Waals surface area contributed by atoms with Gasteiger partial charge in [0.25, 0.3) is 0 Å². The second-order valence-corrected chi connectivity index (χ2v) is 7.67. The molecule has 128 valence electrons. The number of fused-ring (bicyclic) bond motifs is 2. The van der Waals surface area contributed by atoms with Gasteiger partial charge in [0.1, 0.15) is 0 Å². The van der Waals surface area contributed by atoms with E-state index < -0.39 is 0 Å². The van der Waals surface area contributed by atoms with E-state index in [4.69, 9.17) is 4.74 Å². The van der Waals surface area contributed by atoms with Crippen LogP contribution in [0.5, 0.6) is 0 Å². The molecule has 1 aliphatic heterocycles. The normalized spacial score (nSPS) is 26.6. The zero-order valence-electron chi connectivity index (χ0n) is 15.0. The molecule has 0 radical (unpaired) electrons. The van der Waals surface area contributed by atoms with Crippen LogP contribution >= 0.6 is 0 Å². The third-order valence-corrected chi connectivity index (χ3v) is 5.97. The first-order chi connectivity index (χ1) is 11.5. The molecule has 0 bridgehead atoms. The molecule has 3 unspecified atom stereocenters. The maximum Gasteiger partial charge on any atom is 0.309 e. The van der Waals surface area contributed by atoms with Crippen LogP contribution in [0.2, 0.25) is 0 Å². The number of carbonyl (C=O) groups excluding carboxylic acids is 1. The zero-order valence-corrected chi connectivity index (χ0v) is 15.0. The van der Waals surface area contributed by atoms with Gasteiger partial charge in [-0.05, 0) is 50.9 Å². The third kappa shape index (κ3) is 2.20. The molecule has 1 aliphatic carbocycles. The van der Waals surface area contributed by atoms with Crippen molar-refractivity contribution in [1.29, 1.82) is 0 Å². The van der Waals surface area contributed by atoms with Crippen molar-refractivity contribution in [2.24, 2.45) is 5.92 Å². The largest absolute Gasteiger partial charge is 0.469 e. The van der Waals surface area contributed by atoms with E-state index in [1.54, 1.807) is 0 Å². The maximum atomic E-state index is 12.1. The Bertz CT molecular complexity index is 792. The average molecular weight is 326 g/mol. The van der Waals surface area contributed by atoms with E-state index in [9.17, 15) is 4.79 Å². The van der Waals surface area contributed by atoms with Crippen LogP contribution in [0.15, 0.2) is 24.4 Å². The van der Waals surface area contributed by atoms with E-state index in [2.05, 4.69) is 54.8 Å². The van der Waals surface area contributed by atoms with Crippen LogP contribution in [0, 0.1) is 5.92 Å². The van der Waals surface area contributed by atoms with E-state index in [0.29, 0.717) is 18.0 Å². The predicted octanol–water partition coefficient (Wildman–Crippen LogP) is 3.36. The van der Waals surface area contributed by atoms with Crippen molar-refractivity contribution in [3.8, 4) is 0 Å². The number of rotatable bonds is 2. The first-order valence-electron chi connectivity index (χ1n) is 8.91. The Morgan fingerprint density at radius 2 is 2.12 bits per heavy atom. The molecule has 2 heterocycles.